The molecule has 0 fully saturated rings. The van der Waals surface area contributed by atoms with Crippen molar-refractivity contribution in [1.29, 1.82) is 0 Å². The van der Waals surface area contributed by atoms with Crippen LogP contribution in [0.25, 0.3) is 0 Å². The first-order chi connectivity index (χ1) is 7.59. The molecule has 2 nitrogen and oxygen atoms in total. The molecule has 0 saturated heterocycles. The maximum atomic E-state index is 5.92. The van der Waals surface area contributed by atoms with E-state index in [0.717, 1.165) is 23.8 Å². The average molecular weight is 332 g/mol. The maximum Gasteiger partial charge on any atom is 0.0574 e. The van der Waals surface area contributed by atoms with E-state index in [-0.39, 0.29) is 0 Å². The molecule has 0 bridgehead atoms. The molecular weight excluding hydrogens is 311 g/mol. The summed E-state index contributed by atoms with van der Waals surface area (Å²) in [6.07, 6.45) is 3.81. The van der Waals surface area contributed by atoms with Crippen LogP contribution < -0.4 is 11.1 Å². The van der Waals surface area contributed by atoms with Crippen LogP contribution in [0.3, 0.4) is 0 Å². The van der Waals surface area contributed by atoms with E-state index in [1.165, 1.54) is 22.8 Å². The van der Waals surface area contributed by atoms with E-state index >= 15 is 0 Å². The van der Waals surface area contributed by atoms with Crippen molar-refractivity contribution in [2.45, 2.75) is 33.1 Å². The summed E-state index contributed by atoms with van der Waals surface area (Å²) >= 11 is 2.27. The Labute approximate surface area is 112 Å². The monoisotopic (exact) mass is 332 g/mol. The predicted molar refractivity (Wildman–Crippen MR) is 80.8 cm³/mol. The predicted octanol–water partition coefficient (Wildman–Crippen LogP) is 4.11. The van der Waals surface area contributed by atoms with Crippen molar-refractivity contribution in [1.82, 2.24) is 0 Å². The lowest BCUT2D eigenvalue weighted by Crippen LogP contribution is -2.04. The third-order valence-electron chi connectivity index (χ3n) is 2.54. The number of unbranched alkanes of at least 4 members (excludes halogenated alkanes) is 1. The second kappa shape index (κ2) is 6.99. The van der Waals surface area contributed by atoms with Gasteiger partial charge in [-0.25, -0.2) is 0 Å². The molecule has 0 amide bonds. The Morgan fingerprint density at radius 3 is 2.69 bits per heavy atom. The lowest BCUT2D eigenvalue weighted by molar-refractivity contribution is 0.545. The molecular formula is C13H21IN2. The standard InChI is InChI=1S/C13H21IN2/c1-10(2)5-3-4-8-16-13-7-6-11(14)9-12(13)15/h6-7,9-10,16H,3-5,8,15H2,1-2H3. The number of hydrogen-bond donors (Lipinski definition) is 2. The highest BCUT2D eigenvalue weighted by Crippen LogP contribution is 2.20. The van der Waals surface area contributed by atoms with Crippen molar-refractivity contribution in [2.24, 2.45) is 5.92 Å². The molecule has 0 aliphatic carbocycles. The van der Waals surface area contributed by atoms with Gasteiger partial charge in [0.2, 0.25) is 0 Å². The number of anilines is 2. The van der Waals surface area contributed by atoms with E-state index in [4.69, 9.17) is 5.73 Å². The largest absolute Gasteiger partial charge is 0.397 e. The van der Waals surface area contributed by atoms with Crippen molar-refractivity contribution in [2.75, 3.05) is 17.6 Å². The van der Waals surface area contributed by atoms with Crippen molar-refractivity contribution in [3.8, 4) is 0 Å². The zero-order chi connectivity index (χ0) is 12.0. The highest BCUT2D eigenvalue weighted by molar-refractivity contribution is 14.1. The highest BCUT2D eigenvalue weighted by Gasteiger charge is 1.99. The fourth-order valence-electron chi connectivity index (χ4n) is 1.60. The molecule has 0 aromatic heterocycles. The second-order valence-electron chi connectivity index (χ2n) is 4.55. The molecule has 0 unspecified atom stereocenters. The Kier molecular flexibility index (Phi) is 5.95. The van der Waals surface area contributed by atoms with Crippen molar-refractivity contribution >= 4 is 34.0 Å². The SMILES string of the molecule is CC(C)CCCCNc1ccc(I)cc1N. The summed E-state index contributed by atoms with van der Waals surface area (Å²) in [6, 6.07) is 6.13. The number of nitrogens with one attached hydrogen (secondary N) is 1. The first kappa shape index (κ1) is 13.6. The molecule has 90 valence electrons. The molecule has 0 aliphatic heterocycles. The first-order valence-corrected chi connectivity index (χ1v) is 6.96. The first-order valence-electron chi connectivity index (χ1n) is 5.88. The quantitative estimate of drug-likeness (QED) is 0.467. The van der Waals surface area contributed by atoms with Crippen LogP contribution in [-0.4, -0.2) is 6.54 Å². The Bertz CT molecular complexity index is 324. The molecule has 1 aromatic rings. The molecule has 0 atom stereocenters. The minimum absolute atomic E-state index is 0.809. The van der Waals surface area contributed by atoms with Gasteiger partial charge in [-0.2, -0.15) is 0 Å². The number of benzene rings is 1. The molecule has 16 heavy (non-hydrogen) atoms. The van der Waals surface area contributed by atoms with Crippen LogP contribution in [0.5, 0.6) is 0 Å². The topological polar surface area (TPSA) is 38.0 Å². The molecule has 0 saturated carbocycles. The van der Waals surface area contributed by atoms with Gasteiger partial charge in [0.05, 0.1) is 11.4 Å². The Hall–Kier alpha value is -0.450. The average Bonchev–Trinajstić information content (AvgIpc) is 2.20. The van der Waals surface area contributed by atoms with Gasteiger partial charge in [0.15, 0.2) is 0 Å². The van der Waals surface area contributed by atoms with Gasteiger partial charge in [-0.1, -0.05) is 26.7 Å². The molecule has 0 aliphatic rings. The minimum atomic E-state index is 0.809. The fraction of sp³-hybridized carbons (Fsp3) is 0.538. The van der Waals surface area contributed by atoms with Crippen LogP contribution in [0.15, 0.2) is 18.2 Å². The Balaban J connectivity index is 2.27. The van der Waals surface area contributed by atoms with Gasteiger partial charge in [0, 0.05) is 10.1 Å². The number of nitrogens with two attached hydrogens (primary N) is 1. The molecule has 3 heteroatoms. The number of rotatable bonds is 6. The van der Waals surface area contributed by atoms with Gasteiger partial charge >= 0.3 is 0 Å². The van der Waals surface area contributed by atoms with E-state index in [2.05, 4.69) is 53.9 Å². The van der Waals surface area contributed by atoms with E-state index in [1.807, 2.05) is 6.07 Å². The maximum absolute atomic E-state index is 5.92. The Morgan fingerprint density at radius 1 is 1.31 bits per heavy atom. The van der Waals surface area contributed by atoms with Crippen LogP contribution in [0.2, 0.25) is 0 Å². The van der Waals surface area contributed by atoms with Gasteiger partial charge in [-0.3, -0.25) is 0 Å². The Morgan fingerprint density at radius 2 is 2.06 bits per heavy atom. The third kappa shape index (κ3) is 5.05. The van der Waals surface area contributed by atoms with Crippen LogP contribution in [0.1, 0.15) is 33.1 Å². The molecule has 1 aromatic carbocycles. The van der Waals surface area contributed by atoms with Gasteiger partial charge in [-0.05, 0) is 53.1 Å². The molecule has 1 rings (SSSR count). The van der Waals surface area contributed by atoms with Crippen molar-refractivity contribution in [3.05, 3.63) is 21.8 Å². The zero-order valence-electron chi connectivity index (χ0n) is 10.1. The summed E-state index contributed by atoms with van der Waals surface area (Å²) < 4.78 is 1.18. The lowest BCUT2D eigenvalue weighted by Gasteiger charge is -2.10. The molecule has 0 radical (unpaired) electrons. The van der Waals surface area contributed by atoms with Crippen LogP contribution in [-0.2, 0) is 0 Å². The normalized spacial score (nSPS) is 10.8. The number of halogens is 1. The van der Waals surface area contributed by atoms with E-state index < -0.39 is 0 Å². The van der Waals surface area contributed by atoms with Crippen LogP contribution >= 0.6 is 22.6 Å². The summed E-state index contributed by atoms with van der Waals surface area (Å²) in [5.41, 5.74) is 7.82. The minimum Gasteiger partial charge on any atom is -0.397 e. The zero-order valence-corrected chi connectivity index (χ0v) is 12.3. The smallest absolute Gasteiger partial charge is 0.0574 e. The van der Waals surface area contributed by atoms with E-state index in [1.54, 1.807) is 0 Å². The molecule has 0 spiro atoms. The van der Waals surface area contributed by atoms with E-state index in [0.29, 0.717) is 0 Å². The fourth-order valence-corrected chi connectivity index (χ4v) is 2.11. The highest BCUT2D eigenvalue weighted by atomic mass is 127. The number of nitrogen functional groups attached to an aromatic ring is 1. The van der Waals surface area contributed by atoms with Gasteiger partial charge in [0.1, 0.15) is 0 Å². The van der Waals surface area contributed by atoms with Crippen LogP contribution in [0.4, 0.5) is 11.4 Å². The molecule has 0 heterocycles. The summed E-state index contributed by atoms with van der Waals surface area (Å²) in [7, 11) is 0. The van der Waals surface area contributed by atoms with Crippen molar-refractivity contribution < 1.29 is 0 Å². The van der Waals surface area contributed by atoms with E-state index in [9.17, 15) is 0 Å². The molecule has 3 N–H and O–H groups in total. The second-order valence-corrected chi connectivity index (χ2v) is 5.79. The summed E-state index contributed by atoms with van der Waals surface area (Å²) in [4.78, 5) is 0. The van der Waals surface area contributed by atoms with Crippen LogP contribution in [0, 0.1) is 9.49 Å². The summed E-state index contributed by atoms with van der Waals surface area (Å²) in [6.45, 7) is 5.55. The number of hydrogen-bond acceptors (Lipinski definition) is 2. The van der Waals surface area contributed by atoms with Crippen molar-refractivity contribution in [3.63, 3.8) is 0 Å². The lowest BCUT2D eigenvalue weighted by atomic mass is 10.1. The van der Waals surface area contributed by atoms with Gasteiger partial charge in [0.25, 0.3) is 0 Å². The summed E-state index contributed by atoms with van der Waals surface area (Å²) in [5.74, 6) is 0.809. The van der Waals surface area contributed by atoms with Gasteiger partial charge in [-0.15, -0.1) is 0 Å². The summed E-state index contributed by atoms with van der Waals surface area (Å²) in [5, 5.41) is 3.39. The van der Waals surface area contributed by atoms with Gasteiger partial charge < -0.3 is 11.1 Å². The third-order valence-corrected chi connectivity index (χ3v) is 3.21.